The molecule has 0 aliphatic carbocycles. The van der Waals surface area contributed by atoms with Crippen LogP contribution in [0.4, 0.5) is 36.4 Å². The zero-order valence-electron chi connectivity index (χ0n) is 22.6. The molecule has 1 fully saturated rings. The molecule has 4 rings (SSSR count). The number of methoxy groups -OCH3 is 3. The van der Waals surface area contributed by atoms with Gasteiger partial charge in [0.05, 0.1) is 33.1 Å². The normalized spacial score (nSPS) is 13.6. The fraction of sp³-hybridized carbons (Fsp3) is 0.440. The van der Waals surface area contributed by atoms with Crippen LogP contribution in [0.5, 0.6) is 17.2 Å². The molecule has 0 amide bonds. The first kappa shape index (κ1) is 30.3. The molecule has 2 aromatic heterocycles. The van der Waals surface area contributed by atoms with Crippen molar-refractivity contribution in [3.05, 3.63) is 35.7 Å². The van der Waals surface area contributed by atoms with Gasteiger partial charge in [0.2, 0.25) is 11.7 Å². The summed E-state index contributed by atoms with van der Waals surface area (Å²) in [6, 6.07) is 5.74. The fourth-order valence-corrected chi connectivity index (χ4v) is 3.87. The summed E-state index contributed by atoms with van der Waals surface area (Å²) in [5.41, 5.74) is 2.80. The number of hydrogen-bond acceptors (Lipinski definition) is 10. The van der Waals surface area contributed by atoms with E-state index >= 15 is 0 Å². The number of ether oxygens (including phenoxy) is 4. The number of anilines is 4. The van der Waals surface area contributed by atoms with E-state index in [1.54, 1.807) is 39.7 Å². The van der Waals surface area contributed by atoms with E-state index in [1.807, 2.05) is 13.0 Å². The minimum absolute atomic E-state index is 0.298. The van der Waals surface area contributed by atoms with Crippen molar-refractivity contribution in [2.75, 3.05) is 45.2 Å². The van der Waals surface area contributed by atoms with Gasteiger partial charge in [0, 0.05) is 42.8 Å². The number of rotatable bonds is 8. The second kappa shape index (κ2) is 13.2. The van der Waals surface area contributed by atoms with Crippen LogP contribution in [0.15, 0.2) is 24.4 Å². The Labute approximate surface area is 228 Å². The van der Waals surface area contributed by atoms with Gasteiger partial charge < -0.3 is 34.7 Å². The highest BCUT2D eigenvalue weighted by Crippen LogP contribution is 2.40. The molecule has 3 N–H and O–H groups in total. The maximum atomic E-state index is 10.6. The highest BCUT2D eigenvalue weighted by molar-refractivity contribution is 5.73. The number of carbonyl (C=O) groups is 1. The van der Waals surface area contributed by atoms with Gasteiger partial charge in [0.25, 0.3) is 0 Å². The standard InChI is InChI=1S/C23H30N6O4.C2HF3O2/c1-14-15(2)28-29(17-7-10-33-11-8-17)22(14)26-20-6-9-24-23(27-20)25-16-12-18(30-3)21(32-5)19(13-16)31-4;3-2(4,5)1(6)7/h6,9,12-13,17H,7-8,10-11H2,1-5H3,(H2,24,25,26,27);(H,6,7). The molecule has 0 bridgehead atoms. The minimum atomic E-state index is -5.08. The van der Waals surface area contributed by atoms with Crippen molar-refractivity contribution < 1.29 is 42.0 Å². The number of benzene rings is 1. The van der Waals surface area contributed by atoms with E-state index in [-0.39, 0.29) is 0 Å². The summed E-state index contributed by atoms with van der Waals surface area (Å²) in [6.45, 7) is 5.58. The fourth-order valence-electron chi connectivity index (χ4n) is 3.87. The molecule has 15 heteroatoms. The van der Waals surface area contributed by atoms with Crippen molar-refractivity contribution in [1.82, 2.24) is 19.7 Å². The van der Waals surface area contributed by atoms with Crippen molar-refractivity contribution in [1.29, 1.82) is 0 Å². The van der Waals surface area contributed by atoms with E-state index < -0.39 is 12.1 Å². The van der Waals surface area contributed by atoms with Crippen LogP contribution in [-0.2, 0) is 9.53 Å². The van der Waals surface area contributed by atoms with Crippen molar-refractivity contribution in [3.63, 3.8) is 0 Å². The molecule has 0 radical (unpaired) electrons. The first-order chi connectivity index (χ1) is 19.0. The average molecular weight is 569 g/mol. The van der Waals surface area contributed by atoms with Gasteiger partial charge in [-0.25, -0.2) is 14.5 Å². The predicted octanol–water partition coefficient (Wildman–Crippen LogP) is 4.79. The summed E-state index contributed by atoms with van der Waals surface area (Å²) < 4.78 is 55.6. The molecular weight excluding hydrogens is 537 g/mol. The molecule has 3 aromatic rings. The Morgan fingerprint density at radius 1 is 1.07 bits per heavy atom. The molecule has 12 nitrogen and oxygen atoms in total. The quantitative estimate of drug-likeness (QED) is 0.345. The average Bonchev–Trinajstić information content (AvgIpc) is 3.21. The maximum absolute atomic E-state index is 10.6. The van der Waals surface area contributed by atoms with Crippen molar-refractivity contribution >= 4 is 29.2 Å². The van der Waals surface area contributed by atoms with Gasteiger partial charge in [-0.2, -0.15) is 23.3 Å². The summed E-state index contributed by atoms with van der Waals surface area (Å²) in [6.07, 6.45) is -1.51. The Hall–Kier alpha value is -4.27. The van der Waals surface area contributed by atoms with Crippen LogP contribution in [0, 0.1) is 13.8 Å². The molecule has 218 valence electrons. The van der Waals surface area contributed by atoms with Crippen LogP contribution in [-0.4, -0.2) is 71.5 Å². The largest absolute Gasteiger partial charge is 0.493 e. The maximum Gasteiger partial charge on any atom is 0.490 e. The summed E-state index contributed by atoms with van der Waals surface area (Å²) in [5.74, 6) is 0.885. The molecule has 0 spiro atoms. The second-order valence-electron chi connectivity index (χ2n) is 8.58. The summed E-state index contributed by atoms with van der Waals surface area (Å²) in [7, 11) is 4.72. The number of nitrogens with one attached hydrogen (secondary N) is 2. The van der Waals surface area contributed by atoms with E-state index in [2.05, 4.69) is 32.2 Å². The smallest absolute Gasteiger partial charge is 0.490 e. The molecule has 0 atom stereocenters. The molecule has 0 saturated carbocycles. The number of carboxylic acid groups (broad SMARTS) is 1. The lowest BCUT2D eigenvalue weighted by Gasteiger charge is -2.24. The third kappa shape index (κ3) is 7.43. The second-order valence-corrected chi connectivity index (χ2v) is 8.58. The lowest BCUT2D eigenvalue weighted by Crippen LogP contribution is -2.21. The van der Waals surface area contributed by atoms with Crippen LogP contribution in [0.1, 0.15) is 30.1 Å². The molecule has 40 heavy (non-hydrogen) atoms. The lowest BCUT2D eigenvalue weighted by atomic mass is 10.1. The number of carboxylic acids is 1. The van der Waals surface area contributed by atoms with Gasteiger partial charge in [-0.05, 0) is 32.8 Å². The van der Waals surface area contributed by atoms with Crippen molar-refractivity contribution in [2.24, 2.45) is 0 Å². The molecule has 3 heterocycles. The Balaban J connectivity index is 0.000000559. The topological polar surface area (TPSA) is 142 Å². The molecule has 1 aliphatic heterocycles. The summed E-state index contributed by atoms with van der Waals surface area (Å²) in [5, 5.41) is 18.6. The van der Waals surface area contributed by atoms with Crippen LogP contribution < -0.4 is 24.8 Å². The molecule has 1 aliphatic rings. The Morgan fingerprint density at radius 3 is 2.20 bits per heavy atom. The predicted molar refractivity (Wildman–Crippen MR) is 139 cm³/mol. The van der Waals surface area contributed by atoms with Crippen molar-refractivity contribution in [2.45, 2.75) is 38.9 Å². The molecule has 1 saturated heterocycles. The van der Waals surface area contributed by atoms with E-state index in [0.29, 0.717) is 40.7 Å². The number of nitrogens with zero attached hydrogens (tertiary/aromatic N) is 4. The number of hydrogen-bond donors (Lipinski definition) is 3. The van der Waals surface area contributed by atoms with Gasteiger partial charge in [0.1, 0.15) is 11.6 Å². The van der Waals surface area contributed by atoms with E-state index in [1.165, 1.54) is 0 Å². The van der Waals surface area contributed by atoms with E-state index in [0.717, 1.165) is 43.1 Å². The zero-order valence-corrected chi connectivity index (χ0v) is 22.6. The monoisotopic (exact) mass is 568 g/mol. The first-order valence-electron chi connectivity index (χ1n) is 12.1. The van der Waals surface area contributed by atoms with Crippen molar-refractivity contribution in [3.8, 4) is 17.2 Å². The first-order valence-corrected chi connectivity index (χ1v) is 12.1. The van der Waals surface area contributed by atoms with Gasteiger partial charge in [0.15, 0.2) is 11.5 Å². The third-order valence-electron chi connectivity index (χ3n) is 5.99. The van der Waals surface area contributed by atoms with Crippen LogP contribution in [0.2, 0.25) is 0 Å². The summed E-state index contributed by atoms with van der Waals surface area (Å²) in [4.78, 5) is 17.9. The number of halogens is 3. The minimum Gasteiger partial charge on any atom is -0.493 e. The third-order valence-corrected chi connectivity index (χ3v) is 5.99. The van der Waals surface area contributed by atoms with Crippen LogP contribution in [0.25, 0.3) is 0 Å². The van der Waals surface area contributed by atoms with Crippen LogP contribution in [0.3, 0.4) is 0 Å². The molecule has 0 unspecified atom stereocenters. The number of alkyl halides is 3. The number of aliphatic carboxylic acids is 1. The Bertz CT molecular complexity index is 1290. The Morgan fingerprint density at radius 2 is 1.68 bits per heavy atom. The van der Waals surface area contributed by atoms with Gasteiger partial charge in [-0.1, -0.05) is 0 Å². The Kier molecular flexibility index (Phi) is 9.98. The van der Waals surface area contributed by atoms with E-state index in [9.17, 15) is 13.2 Å². The van der Waals surface area contributed by atoms with Gasteiger partial charge in [-0.15, -0.1) is 0 Å². The molecule has 1 aromatic carbocycles. The summed E-state index contributed by atoms with van der Waals surface area (Å²) >= 11 is 0. The number of aryl methyl sites for hydroxylation is 1. The number of aromatic nitrogens is 4. The van der Waals surface area contributed by atoms with Crippen LogP contribution >= 0.6 is 0 Å². The highest BCUT2D eigenvalue weighted by atomic mass is 19.4. The molecular formula is C25H31F3N6O6. The highest BCUT2D eigenvalue weighted by Gasteiger charge is 2.38. The lowest BCUT2D eigenvalue weighted by molar-refractivity contribution is -0.192. The van der Waals surface area contributed by atoms with Gasteiger partial charge >= 0.3 is 12.1 Å². The van der Waals surface area contributed by atoms with E-state index in [4.69, 9.17) is 33.9 Å². The van der Waals surface area contributed by atoms with Gasteiger partial charge in [-0.3, -0.25) is 0 Å². The zero-order chi connectivity index (χ0) is 29.4. The SMILES string of the molecule is COc1cc(Nc2nccc(Nc3c(C)c(C)nn3C3CCOCC3)n2)cc(OC)c1OC.O=C(O)C(F)(F)F.